The molecule has 35 heavy (non-hydrogen) atoms. The lowest BCUT2D eigenvalue weighted by molar-refractivity contribution is -0.183. The van der Waals surface area contributed by atoms with Crippen molar-refractivity contribution in [3.8, 4) is 0 Å². The summed E-state index contributed by atoms with van der Waals surface area (Å²) in [5.74, 6) is 0. The van der Waals surface area contributed by atoms with E-state index >= 15 is 0 Å². The molecule has 4 nitrogen and oxygen atoms in total. The highest BCUT2D eigenvalue weighted by Gasteiger charge is 2.39. The van der Waals surface area contributed by atoms with Crippen LogP contribution in [0.3, 0.4) is 0 Å². The van der Waals surface area contributed by atoms with Gasteiger partial charge in [0.25, 0.3) is 0 Å². The number of benzene rings is 4. The molecule has 1 fully saturated rings. The molecule has 0 saturated carbocycles. The molecule has 0 spiro atoms. The first-order valence-electron chi connectivity index (χ1n) is 12.0. The average molecular weight is 487 g/mol. The molecule has 0 bridgehead atoms. The fourth-order valence-electron chi connectivity index (χ4n) is 4.32. The lowest BCUT2D eigenvalue weighted by Crippen LogP contribution is -2.50. The Balaban J connectivity index is 1.27. The summed E-state index contributed by atoms with van der Waals surface area (Å²) < 4.78 is 18.5. The minimum atomic E-state index is -0.761. The highest BCUT2D eigenvalue weighted by molar-refractivity contribution is 7.99. The molecule has 5 rings (SSSR count). The molecule has 4 atom stereocenters. The maximum absolute atomic E-state index is 11.1. The van der Waals surface area contributed by atoms with Gasteiger partial charge in [-0.1, -0.05) is 103 Å². The molecule has 180 valence electrons. The summed E-state index contributed by atoms with van der Waals surface area (Å²) >= 11 is 1.67. The van der Waals surface area contributed by atoms with Crippen molar-refractivity contribution in [1.82, 2.24) is 0 Å². The second kappa shape index (κ2) is 11.8. The van der Waals surface area contributed by atoms with Crippen molar-refractivity contribution in [2.45, 2.75) is 48.3 Å². The third-order valence-corrected chi connectivity index (χ3v) is 7.29. The summed E-state index contributed by atoms with van der Waals surface area (Å²) in [5.41, 5.74) is 2.03. The topological polar surface area (TPSA) is 47.9 Å². The zero-order valence-corrected chi connectivity index (χ0v) is 20.3. The number of rotatable bonds is 9. The molecule has 4 aromatic carbocycles. The first-order chi connectivity index (χ1) is 17.2. The predicted octanol–water partition coefficient (Wildman–Crippen LogP) is 6.21. The second-order valence-corrected chi connectivity index (χ2v) is 10.0. The Labute approximate surface area is 210 Å². The van der Waals surface area contributed by atoms with E-state index in [1.807, 2.05) is 60.7 Å². The number of ether oxygens (including phenoxy) is 3. The minimum absolute atomic E-state index is 0.148. The SMILES string of the molecule is O[C@H]1[C@H](OCc2ccccc2)C[C@@H](Sc2ccc3ccccc3c2)O[C@@H]1COCc1ccccc1. The molecule has 1 aliphatic heterocycles. The Morgan fingerprint density at radius 1 is 0.771 bits per heavy atom. The second-order valence-electron chi connectivity index (χ2n) is 8.79. The maximum atomic E-state index is 11.1. The lowest BCUT2D eigenvalue weighted by Gasteiger charge is -2.39. The van der Waals surface area contributed by atoms with E-state index in [1.54, 1.807) is 11.8 Å². The molecular weight excluding hydrogens is 456 g/mol. The van der Waals surface area contributed by atoms with Gasteiger partial charge < -0.3 is 19.3 Å². The zero-order valence-electron chi connectivity index (χ0n) is 19.5. The molecule has 1 aliphatic rings. The first kappa shape index (κ1) is 24.0. The predicted molar refractivity (Wildman–Crippen MR) is 140 cm³/mol. The summed E-state index contributed by atoms with van der Waals surface area (Å²) in [4.78, 5) is 1.14. The fraction of sp³-hybridized carbons (Fsp3) is 0.267. The van der Waals surface area contributed by atoms with Gasteiger partial charge in [-0.2, -0.15) is 0 Å². The van der Waals surface area contributed by atoms with Crippen molar-refractivity contribution in [1.29, 1.82) is 0 Å². The third-order valence-electron chi connectivity index (χ3n) is 6.20. The molecule has 1 heterocycles. The number of fused-ring (bicyclic) bond motifs is 1. The van der Waals surface area contributed by atoms with Gasteiger partial charge in [-0.15, -0.1) is 0 Å². The van der Waals surface area contributed by atoms with E-state index < -0.39 is 12.2 Å². The van der Waals surface area contributed by atoms with Gasteiger partial charge in [0.1, 0.15) is 17.6 Å². The van der Waals surface area contributed by atoms with Crippen LogP contribution in [-0.4, -0.2) is 35.5 Å². The normalized spacial score (nSPS) is 22.3. The maximum Gasteiger partial charge on any atom is 0.111 e. The van der Waals surface area contributed by atoms with Crippen LogP contribution in [0.4, 0.5) is 0 Å². The van der Waals surface area contributed by atoms with E-state index in [-0.39, 0.29) is 11.5 Å². The van der Waals surface area contributed by atoms with Gasteiger partial charge in [-0.3, -0.25) is 0 Å². The highest BCUT2D eigenvalue weighted by atomic mass is 32.2. The average Bonchev–Trinajstić information content (AvgIpc) is 2.90. The minimum Gasteiger partial charge on any atom is -0.388 e. The molecule has 0 unspecified atom stereocenters. The molecule has 1 saturated heterocycles. The van der Waals surface area contributed by atoms with Gasteiger partial charge in [0, 0.05) is 11.3 Å². The first-order valence-corrected chi connectivity index (χ1v) is 12.9. The molecule has 5 heteroatoms. The highest BCUT2D eigenvalue weighted by Crippen LogP contribution is 2.35. The molecule has 0 aliphatic carbocycles. The van der Waals surface area contributed by atoms with Gasteiger partial charge >= 0.3 is 0 Å². The van der Waals surface area contributed by atoms with E-state index in [2.05, 4.69) is 42.5 Å². The van der Waals surface area contributed by atoms with E-state index in [0.717, 1.165) is 16.0 Å². The van der Waals surface area contributed by atoms with Gasteiger partial charge in [-0.05, 0) is 34.0 Å². The third kappa shape index (κ3) is 6.51. The Morgan fingerprint density at radius 2 is 1.43 bits per heavy atom. The van der Waals surface area contributed by atoms with Crippen LogP contribution in [0.5, 0.6) is 0 Å². The van der Waals surface area contributed by atoms with Crippen molar-refractivity contribution >= 4 is 22.5 Å². The van der Waals surface area contributed by atoms with E-state index in [1.165, 1.54) is 10.8 Å². The van der Waals surface area contributed by atoms with Crippen LogP contribution in [0.25, 0.3) is 10.8 Å². The van der Waals surface area contributed by atoms with Crippen LogP contribution >= 0.6 is 11.8 Å². The van der Waals surface area contributed by atoms with Crippen LogP contribution in [0.15, 0.2) is 108 Å². The molecule has 4 aromatic rings. The summed E-state index contributed by atoms with van der Waals surface area (Å²) in [5, 5.41) is 13.5. The van der Waals surface area contributed by atoms with Crippen LogP contribution < -0.4 is 0 Å². The summed E-state index contributed by atoms with van der Waals surface area (Å²) in [6.07, 6.45) is -0.970. The standard InChI is InChI=1S/C30H30O4S/c31-30-27(33-20-23-11-5-2-6-12-23)18-29(34-28(30)21-32-19-22-9-3-1-4-10-22)35-26-16-15-24-13-7-8-14-25(24)17-26/h1-17,27-31H,18-21H2/t27-,28-,29-,30+/m1/s1. The molecular formula is C30H30O4S. The van der Waals surface area contributed by atoms with Crippen LogP contribution in [0.2, 0.25) is 0 Å². The largest absolute Gasteiger partial charge is 0.388 e. The zero-order chi connectivity index (χ0) is 23.9. The lowest BCUT2D eigenvalue weighted by atomic mass is 10.0. The van der Waals surface area contributed by atoms with Gasteiger partial charge in [0.15, 0.2) is 0 Å². The molecule has 0 amide bonds. The van der Waals surface area contributed by atoms with Crippen molar-refractivity contribution in [3.05, 3.63) is 114 Å². The monoisotopic (exact) mass is 486 g/mol. The van der Waals surface area contributed by atoms with Gasteiger partial charge in [-0.25, -0.2) is 0 Å². The van der Waals surface area contributed by atoms with E-state index in [4.69, 9.17) is 14.2 Å². The summed E-state index contributed by atoms with van der Waals surface area (Å²) in [7, 11) is 0. The number of hydrogen-bond acceptors (Lipinski definition) is 5. The number of thioether (sulfide) groups is 1. The molecule has 0 radical (unpaired) electrons. The number of aliphatic hydroxyl groups excluding tert-OH is 1. The Hall–Kier alpha value is -2.67. The Kier molecular flexibility index (Phi) is 8.14. The van der Waals surface area contributed by atoms with E-state index in [9.17, 15) is 5.11 Å². The quantitative estimate of drug-likeness (QED) is 0.305. The van der Waals surface area contributed by atoms with Crippen molar-refractivity contribution in [2.75, 3.05) is 6.61 Å². The smallest absolute Gasteiger partial charge is 0.111 e. The summed E-state index contributed by atoms with van der Waals surface area (Å²) in [6.45, 7) is 1.23. The number of hydrogen-bond donors (Lipinski definition) is 1. The van der Waals surface area contributed by atoms with Crippen LogP contribution in [-0.2, 0) is 27.4 Å². The van der Waals surface area contributed by atoms with Crippen molar-refractivity contribution in [3.63, 3.8) is 0 Å². The van der Waals surface area contributed by atoms with E-state index in [0.29, 0.717) is 26.2 Å². The van der Waals surface area contributed by atoms with Crippen LogP contribution in [0.1, 0.15) is 17.5 Å². The van der Waals surface area contributed by atoms with Crippen molar-refractivity contribution in [2.24, 2.45) is 0 Å². The molecule has 1 N–H and O–H groups in total. The number of aliphatic hydroxyl groups is 1. The fourth-order valence-corrected chi connectivity index (χ4v) is 5.45. The Bertz CT molecular complexity index is 1200. The Morgan fingerprint density at radius 3 is 2.17 bits per heavy atom. The molecule has 0 aromatic heterocycles. The van der Waals surface area contributed by atoms with Gasteiger partial charge in [0.2, 0.25) is 0 Å². The summed E-state index contributed by atoms with van der Waals surface area (Å²) in [6, 6.07) is 34.9. The van der Waals surface area contributed by atoms with Crippen molar-refractivity contribution < 1.29 is 19.3 Å². The van der Waals surface area contributed by atoms with Gasteiger partial charge in [0.05, 0.1) is 25.9 Å². The van der Waals surface area contributed by atoms with Crippen LogP contribution in [0, 0.1) is 0 Å².